The molecule has 0 fully saturated rings. The van der Waals surface area contributed by atoms with Crippen molar-refractivity contribution in [1.29, 1.82) is 0 Å². The standard InChI is InChI=1S/C15H20N4O2S/c1-10(2)14-17-18-15(22-5)19(14)16-9-11-6-7-12(20-3)8-13(11)21-4/h6-10H,1-5H3/b16-9-. The van der Waals surface area contributed by atoms with Gasteiger partial charge in [0.25, 0.3) is 0 Å². The molecular formula is C15H20N4O2S. The fourth-order valence-electron chi connectivity index (χ4n) is 1.92. The summed E-state index contributed by atoms with van der Waals surface area (Å²) in [6.45, 7) is 4.13. The van der Waals surface area contributed by atoms with Crippen LogP contribution in [-0.4, -0.2) is 41.6 Å². The number of benzene rings is 1. The third-order valence-electron chi connectivity index (χ3n) is 3.09. The summed E-state index contributed by atoms with van der Waals surface area (Å²) in [5.74, 6) is 2.51. The van der Waals surface area contributed by atoms with Crippen LogP contribution in [0.25, 0.3) is 0 Å². The predicted octanol–water partition coefficient (Wildman–Crippen LogP) is 3.02. The lowest BCUT2D eigenvalue weighted by atomic mass is 10.2. The minimum absolute atomic E-state index is 0.239. The second kappa shape index (κ2) is 7.31. The van der Waals surface area contributed by atoms with Gasteiger partial charge in [-0.05, 0) is 18.4 Å². The van der Waals surface area contributed by atoms with E-state index >= 15 is 0 Å². The van der Waals surface area contributed by atoms with Gasteiger partial charge in [0.15, 0.2) is 5.82 Å². The smallest absolute Gasteiger partial charge is 0.211 e. The first-order valence-corrected chi connectivity index (χ1v) is 8.08. The molecule has 0 aliphatic carbocycles. The summed E-state index contributed by atoms with van der Waals surface area (Å²) in [7, 11) is 3.25. The number of aromatic nitrogens is 3. The Morgan fingerprint density at radius 2 is 2.00 bits per heavy atom. The van der Waals surface area contributed by atoms with Crippen LogP contribution in [0.1, 0.15) is 31.2 Å². The van der Waals surface area contributed by atoms with E-state index in [0.717, 1.165) is 22.3 Å². The normalized spacial score (nSPS) is 11.4. The quantitative estimate of drug-likeness (QED) is 0.605. The molecule has 0 unspecified atom stereocenters. The zero-order chi connectivity index (χ0) is 16.1. The summed E-state index contributed by atoms with van der Waals surface area (Å²) in [6.07, 6.45) is 3.70. The van der Waals surface area contributed by atoms with Gasteiger partial charge in [0.2, 0.25) is 5.16 Å². The molecule has 118 valence electrons. The zero-order valence-corrected chi connectivity index (χ0v) is 14.2. The third kappa shape index (κ3) is 3.41. The van der Waals surface area contributed by atoms with Gasteiger partial charge in [0.05, 0.1) is 20.4 Å². The van der Waals surface area contributed by atoms with Crippen molar-refractivity contribution >= 4 is 18.0 Å². The Kier molecular flexibility index (Phi) is 5.43. The molecule has 0 aliphatic rings. The van der Waals surface area contributed by atoms with Crippen LogP contribution in [0.15, 0.2) is 28.5 Å². The molecule has 1 heterocycles. The van der Waals surface area contributed by atoms with E-state index in [-0.39, 0.29) is 5.92 Å². The first kappa shape index (κ1) is 16.4. The SMILES string of the molecule is COc1ccc(/C=N\n2c(SC)nnc2C(C)C)c(OC)c1. The summed E-state index contributed by atoms with van der Waals surface area (Å²) in [5, 5.41) is 13.6. The number of methoxy groups -OCH3 is 2. The molecule has 2 aromatic rings. The first-order chi connectivity index (χ1) is 10.6. The van der Waals surface area contributed by atoms with Gasteiger partial charge < -0.3 is 9.47 Å². The van der Waals surface area contributed by atoms with E-state index in [9.17, 15) is 0 Å². The lowest BCUT2D eigenvalue weighted by Gasteiger charge is -2.08. The van der Waals surface area contributed by atoms with E-state index in [2.05, 4.69) is 29.1 Å². The molecule has 0 aliphatic heterocycles. The molecule has 22 heavy (non-hydrogen) atoms. The highest BCUT2D eigenvalue weighted by Gasteiger charge is 2.13. The second-order valence-electron chi connectivity index (χ2n) is 4.86. The van der Waals surface area contributed by atoms with E-state index in [1.54, 1.807) is 25.1 Å². The van der Waals surface area contributed by atoms with Gasteiger partial charge in [-0.2, -0.15) is 9.78 Å². The Balaban J connectivity index is 2.38. The van der Waals surface area contributed by atoms with Crippen LogP contribution < -0.4 is 9.47 Å². The topological polar surface area (TPSA) is 61.5 Å². The summed E-state index contributed by atoms with van der Waals surface area (Å²) in [5.41, 5.74) is 0.860. The molecule has 0 spiro atoms. The molecule has 0 bridgehead atoms. The Labute approximate surface area is 134 Å². The highest BCUT2D eigenvalue weighted by atomic mass is 32.2. The lowest BCUT2D eigenvalue weighted by Crippen LogP contribution is -2.02. The van der Waals surface area contributed by atoms with Crippen LogP contribution in [0.5, 0.6) is 11.5 Å². The molecule has 0 atom stereocenters. The Morgan fingerprint density at radius 3 is 2.59 bits per heavy atom. The number of hydrogen-bond acceptors (Lipinski definition) is 6. The highest BCUT2D eigenvalue weighted by Crippen LogP contribution is 2.24. The van der Waals surface area contributed by atoms with Crippen molar-refractivity contribution in [3.8, 4) is 11.5 Å². The van der Waals surface area contributed by atoms with Gasteiger partial charge in [-0.1, -0.05) is 25.6 Å². The van der Waals surface area contributed by atoms with E-state index in [1.807, 2.05) is 24.5 Å². The molecule has 0 radical (unpaired) electrons. The van der Waals surface area contributed by atoms with E-state index < -0.39 is 0 Å². The molecule has 1 aromatic carbocycles. The van der Waals surface area contributed by atoms with Gasteiger partial charge in [-0.25, -0.2) is 0 Å². The van der Waals surface area contributed by atoms with Gasteiger partial charge in [-0.3, -0.25) is 0 Å². The Morgan fingerprint density at radius 1 is 1.23 bits per heavy atom. The van der Waals surface area contributed by atoms with Crippen LogP contribution in [0.2, 0.25) is 0 Å². The molecule has 2 rings (SSSR count). The highest BCUT2D eigenvalue weighted by molar-refractivity contribution is 7.98. The number of ether oxygens (including phenoxy) is 2. The molecule has 6 nitrogen and oxygen atoms in total. The van der Waals surface area contributed by atoms with Crippen molar-refractivity contribution in [3.05, 3.63) is 29.6 Å². The summed E-state index contributed by atoms with van der Waals surface area (Å²) in [4.78, 5) is 0. The van der Waals surface area contributed by atoms with Crippen molar-refractivity contribution < 1.29 is 9.47 Å². The maximum Gasteiger partial charge on any atom is 0.211 e. The monoisotopic (exact) mass is 320 g/mol. The van der Waals surface area contributed by atoms with Crippen molar-refractivity contribution in [3.63, 3.8) is 0 Å². The number of rotatable bonds is 6. The average molecular weight is 320 g/mol. The Bertz CT molecular complexity index is 668. The number of hydrogen-bond donors (Lipinski definition) is 0. The summed E-state index contributed by atoms with van der Waals surface area (Å²) < 4.78 is 12.3. The zero-order valence-electron chi connectivity index (χ0n) is 13.4. The van der Waals surface area contributed by atoms with Crippen molar-refractivity contribution in [2.24, 2.45) is 5.10 Å². The third-order valence-corrected chi connectivity index (χ3v) is 3.71. The van der Waals surface area contributed by atoms with Crippen LogP contribution >= 0.6 is 11.8 Å². The lowest BCUT2D eigenvalue weighted by molar-refractivity contribution is 0.394. The molecule has 0 saturated heterocycles. The maximum absolute atomic E-state index is 5.38. The minimum atomic E-state index is 0.239. The van der Waals surface area contributed by atoms with Crippen LogP contribution in [0.4, 0.5) is 0 Å². The molecule has 1 aromatic heterocycles. The number of nitrogens with zero attached hydrogens (tertiary/aromatic N) is 4. The first-order valence-electron chi connectivity index (χ1n) is 6.86. The van der Waals surface area contributed by atoms with Gasteiger partial charge >= 0.3 is 0 Å². The van der Waals surface area contributed by atoms with Crippen LogP contribution in [-0.2, 0) is 0 Å². The summed E-state index contributed by atoms with van der Waals surface area (Å²) >= 11 is 1.51. The Hall–Kier alpha value is -2.02. The van der Waals surface area contributed by atoms with Gasteiger partial charge in [0, 0.05) is 17.5 Å². The van der Waals surface area contributed by atoms with Crippen molar-refractivity contribution in [2.45, 2.75) is 24.9 Å². The number of thioether (sulfide) groups is 1. The van der Waals surface area contributed by atoms with Gasteiger partial charge in [-0.15, -0.1) is 10.2 Å². The second-order valence-corrected chi connectivity index (χ2v) is 5.64. The fourth-order valence-corrected chi connectivity index (χ4v) is 2.35. The molecule has 0 saturated carbocycles. The maximum atomic E-state index is 5.38. The van der Waals surface area contributed by atoms with E-state index in [0.29, 0.717) is 5.75 Å². The molecule has 0 amide bonds. The van der Waals surface area contributed by atoms with Crippen LogP contribution in [0, 0.1) is 0 Å². The van der Waals surface area contributed by atoms with Crippen molar-refractivity contribution in [1.82, 2.24) is 14.9 Å². The average Bonchev–Trinajstić information content (AvgIpc) is 2.95. The van der Waals surface area contributed by atoms with Gasteiger partial charge in [0.1, 0.15) is 11.5 Å². The van der Waals surface area contributed by atoms with Crippen molar-refractivity contribution in [2.75, 3.05) is 20.5 Å². The van der Waals surface area contributed by atoms with E-state index in [4.69, 9.17) is 9.47 Å². The predicted molar refractivity (Wildman–Crippen MR) is 88.4 cm³/mol. The van der Waals surface area contributed by atoms with E-state index in [1.165, 1.54) is 11.8 Å². The summed E-state index contributed by atoms with van der Waals surface area (Å²) in [6, 6.07) is 5.60. The minimum Gasteiger partial charge on any atom is -0.497 e. The molecule has 7 heteroatoms. The molecular weight excluding hydrogens is 300 g/mol. The molecule has 0 N–H and O–H groups in total. The fraction of sp³-hybridized carbons (Fsp3) is 0.400. The van der Waals surface area contributed by atoms with Crippen LogP contribution in [0.3, 0.4) is 0 Å². The largest absolute Gasteiger partial charge is 0.497 e.